The summed E-state index contributed by atoms with van der Waals surface area (Å²) in [6, 6.07) is 7.96. The molecule has 1 unspecified atom stereocenters. The van der Waals surface area contributed by atoms with Crippen molar-refractivity contribution in [3.8, 4) is 5.75 Å². The third-order valence-electron chi connectivity index (χ3n) is 2.68. The van der Waals surface area contributed by atoms with E-state index in [0.29, 0.717) is 13.2 Å². The second-order valence-corrected chi connectivity index (χ2v) is 3.99. The first-order valence-electron chi connectivity index (χ1n) is 5.88. The van der Waals surface area contributed by atoms with E-state index in [1.165, 1.54) is 5.56 Å². The third-order valence-corrected chi connectivity index (χ3v) is 2.68. The monoisotopic (exact) mass is 235 g/mol. The third kappa shape index (κ3) is 3.20. The number of carbonyl (C=O) groups is 1. The minimum atomic E-state index is -0.0913. The molecule has 1 aromatic carbocycles. The van der Waals surface area contributed by atoms with Gasteiger partial charge in [-0.15, -0.1) is 0 Å². The van der Waals surface area contributed by atoms with Gasteiger partial charge in [-0.25, -0.2) is 0 Å². The van der Waals surface area contributed by atoms with E-state index in [-0.39, 0.29) is 18.6 Å². The number of amides is 1. The Hall–Kier alpha value is -1.55. The van der Waals surface area contributed by atoms with Gasteiger partial charge in [0.2, 0.25) is 5.91 Å². The number of nitrogens with one attached hydrogen (secondary N) is 1. The van der Waals surface area contributed by atoms with E-state index in [1.807, 2.05) is 25.1 Å². The standard InChI is InChI=1S/C13H17NO3/c1-2-16-9-13(15)14-8-11-7-10-5-3-4-6-12(10)17-11/h3-6,11H,2,7-9H2,1H3,(H,14,15). The maximum Gasteiger partial charge on any atom is 0.246 e. The normalized spacial score (nSPS) is 17.4. The van der Waals surface area contributed by atoms with Crippen LogP contribution in [0.1, 0.15) is 12.5 Å². The number of hydrogen-bond acceptors (Lipinski definition) is 3. The molecule has 92 valence electrons. The lowest BCUT2D eigenvalue weighted by atomic mass is 10.1. The molecule has 0 fully saturated rings. The van der Waals surface area contributed by atoms with Crippen LogP contribution in [-0.2, 0) is 16.0 Å². The van der Waals surface area contributed by atoms with Gasteiger partial charge in [-0.1, -0.05) is 18.2 Å². The highest BCUT2D eigenvalue weighted by atomic mass is 16.5. The molecule has 1 atom stereocenters. The SMILES string of the molecule is CCOCC(=O)NCC1Cc2ccccc2O1. The summed E-state index contributed by atoms with van der Waals surface area (Å²) in [6.45, 7) is 3.07. The molecule has 4 heteroatoms. The van der Waals surface area contributed by atoms with Crippen LogP contribution in [0.4, 0.5) is 0 Å². The van der Waals surface area contributed by atoms with Gasteiger partial charge < -0.3 is 14.8 Å². The number of carbonyl (C=O) groups excluding carboxylic acids is 1. The van der Waals surface area contributed by atoms with Gasteiger partial charge >= 0.3 is 0 Å². The summed E-state index contributed by atoms with van der Waals surface area (Å²) in [5.74, 6) is 0.836. The van der Waals surface area contributed by atoms with E-state index < -0.39 is 0 Å². The van der Waals surface area contributed by atoms with Gasteiger partial charge in [-0.05, 0) is 18.6 Å². The highest BCUT2D eigenvalue weighted by Gasteiger charge is 2.22. The largest absolute Gasteiger partial charge is 0.488 e. The second-order valence-electron chi connectivity index (χ2n) is 3.99. The van der Waals surface area contributed by atoms with Crippen molar-refractivity contribution in [1.29, 1.82) is 0 Å². The van der Waals surface area contributed by atoms with E-state index in [1.54, 1.807) is 0 Å². The van der Waals surface area contributed by atoms with E-state index in [9.17, 15) is 4.79 Å². The Kier molecular flexibility index (Phi) is 3.98. The zero-order valence-corrected chi connectivity index (χ0v) is 9.94. The van der Waals surface area contributed by atoms with Gasteiger partial charge in [-0.3, -0.25) is 4.79 Å². The molecule has 0 radical (unpaired) electrons. The van der Waals surface area contributed by atoms with Crippen LogP contribution in [0.2, 0.25) is 0 Å². The maximum absolute atomic E-state index is 11.3. The van der Waals surface area contributed by atoms with Crippen molar-refractivity contribution < 1.29 is 14.3 Å². The van der Waals surface area contributed by atoms with E-state index in [0.717, 1.165) is 12.2 Å². The van der Waals surface area contributed by atoms with Gasteiger partial charge in [0.15, 0.2) is 0 Å². The number of ether oxygens (including phenoxy) is 2. The van der Waals surface area contributed by atoms with Gasteiger partial charge in [0.1, 0.15) is 18.5 Å². The molecule has 1 aromatic rings. The smallest absolute Gasteiger partial charge is 0.246 e. The lowest BCUT2D eigenvalue weighted by Crippen LogP contribution is -2.36. The molecule has 0 saturated carbocycles. The molecule has 1 aliphatic rings. The summed E-state index contributed by atoms with van der Waals surface area (Å²) in [6.07, 6.45) is 0.892. The lowest BCUT2D eigenvalue weighted by Gasteiger charge is -2.11. The molecule has 17 heavy (non-hydrogen) atoms. The molecule has 0 spiro atoms. The van der Waals surface area contributed by atoms with Crippen LogP contribution >= 0.6 is 0 Å². The van der Waals surface area contributed by atoms with Gasteiger partial charge in [0.25, 0.3) is 0 Å². The Bertz CT molecular complexity index is 367. The number of fused-ring (bicyclic) bond motifs is 1. The number of hydrogen-bond donors (Lipinski definition) is 1. The molecule has 0 aliphatic carbocycles. The Balaban J connectivity index is 1.75. The maximum atomic E-state index is 11.3. The predicted octanol–water partition coefficient (Wildman–Crippen LogP) is 1.14. The molecule has 1 aliphatic heterocycles. The average molecular weight is 235 g/mol. The van der Waals surface area contributed by atoms with Crippen molar-refractivity contribution in [3.63, 3.8) is 0 Å². The number of para-hydroxylation sites is 1. The van der Waals surface area contributed by atoms with Crippen molar-refractivity contribution >= 4 is 5.91 Å². The fraction of sp³-hybridized carbons (Fsp3) is 0.462. The van der Waals surface area contributed by atoms with Crippen LogP contribution in [0.25, 0.3) is 0 Å². The fourth-order valence-electron chi connectivity index (χ4n) is 1.84. The number of rotatable bonds is 5. The van der Waals surface area contributed by atoms with Crippen molar-refractivity contribution in [2.75, 3.05) is 19.8 Å². The molecular weight excluding hydrogens is 218 g/mol. The quantitative estimate of drug-likeness (QED) is 0.832. The molecule has 4 nitrogen and oxygen atoms in total. The lowest BCUT2D eigenvalue weighted by molar-refractivity contribution is -0.125. The Morgan fingerprint density at radius 2 is 2.35 bits per heavy atom. The molecule has 1 amide bonds. The summed E-state index contributed by atoms with van der Waals surface area (Å²) in [4.78, 5) is 11.3. The molecule has 0 bridgehead atoms. The highest BCUT2D eigenvalue weighted by molar-refractivity contribution is 5.77. The van der Waals surface area contributed by atoms with Crippen LogP contribution in [0.15, 0.2) is 24.3 Å². The van der Waals surface area contributed by atoms with Gasteiger partial charge in [-0.2, -0.15) is 0 Å². The predicted molar refractivity (Wildman–Crippen MR) is 64.1 cm³/mol. The minimum Gasteiger partial charge on any atom is -0.488 e. The molecule has 1 heterocycles. The Morgan fingerprint density at radius 3 is 3.12 bits per heavy atom. The second kappa shape index (κ2) is 5.68. The zero-order chi connectivity index (χ0) is 12.1. The molecule has 2 rings (SSSR count). The van der Waals surface area contributed by atoms with Crippen LogP contribution in [-0.4, -0.2) is 31.8 Å². The van der Waals surface area contributed by atoms with Crippen molar-refractivity contribution in [2.24, 2.45) is 0 Å². The Labute approximate surface area is 101 Å². The average Bonchev–Trinajstić information content (AvgIpc) is 2.76. The van der Waals surface area contributed by atoms with Crippen molar-refractivity contribution in [2.45, 2.75) is 19.4 Å². The van der Waals surface area contributed by atoms with Crippen LogP contribution < -0.4 is 10.1 Å². The first-order chi connectivity index (χ1) is 8.29. The number of benzene rings is 1. The van der Waals surface area contributed by atoms with Crippen LogP contribution in [0.5, 0.6) is 5.75 Å². The Morgan fingerprint density at radius 1 is 1.53 bits per heavy atom. The van der Waals surface area contributed by atoms with Crippen LogP contribution in [0, 0.1) is 0 Å². The molecule has 1 N–H and O–H groups in total. The minimum absolute atomic E-state index is 0.0398. The summed E-state index contributed by atoms with van der Waals surface area (Å²) >= 11 is 0. The van der Waals surface area contributed by atoms with E-state index >= 15 is 0 Å². The summed E-state index contributed by atoms with van der Waals surface area (Å²) in [7, 11) is 0. The molecule has 0 aromatic heterocycles. The summed E-state index contributed by atoms with van der Waals surface area (Å²) < 4.78 is 10.7. The highest BCUT2D eigenvalue weighted by Crippen LogP contribution is 2.27. The fourth-order valence-corrected chi connectivity index (χ4v) is 1.84. The first kappa shape index (κ1) is 11.9. The molecular formula is C13H17NO3. The summed E-state index contributed by atoms with van der Waals surface area (Å²) in [5, 5.41) is 2.81. The summed E-state index contributed by atoms with van der Waals surface area (Å²) in [5.41, 5.74) is 1.21. The van der Waals surface area contributed by atoms with Gasteiger partial charge in [0.05, 0.1) is 6.54 Å². The van der Waals surface area contributed by atoms with Crippen molar-refractivity contribution in [1.82, 2.24) is 5.32 Å². The first-order valence-corrected chi connectivity index (χ1v) is 5.88. The van der Waals surface area contributed by atoms with Crippen molar-refractivity contribution in [3.05, 3.63) is 29.8 Å². The topological polar surface area (TPSA) is 47.6 Å². The zero-order valence-electron chi connectivity index (χ0n) is 9.94. The van der Waals surface area contributed by atoms with Gasteiger partial charge in [0, 0.05) is 13.0 Å². The van der Waals surface area contributed by atoms with E-state index in [2.05, 4.69) is 11.4 Å². The molecule has 0 saturated heterocycles. The van der Waals surface area contributed by atoms with Crippen LogP contribution in [0.3, 0.4) is 0 Å². The van der Waals surface area contributed by atoms with E-state index in [4.69, 9.17) is 9.47 Å².